The minimum absolute atomic E-state index is 0.0338. The normalized spacial score (nSPS) is 14.1. The highest BCUT2D eigenvalue weighted by atomic mass is 16.4. The molecule has 0 atom stereocenters. The van der Waals surface area contributed by atoms with Crippen molar-refractivity contribution in [2.75, 3.05) is 23.9 Å². The van der Waals surface area contributed by atoms with E-state index in [4.69, 9.17) is 5.11 Å². The van der Waals surface area contributed by atoms with Crippen molar-refractivity contribution >= 4 is 29.3 Å². The van der Waals surface area contributed by atoms with Crippen molar-refractivity contribution in [1.82, 2.24) is 0 Å². The molecule has 0 bridgehead atoms. The van der Waals surface area contributed by atoms with Crippen molar-refractivity contribution in [3.05, 3.63) is 90.0 Å². The van der Waals surface area contributed by atoms with E-state index in [0.717, 1.165) is 65.4 Å². The highest BCUT2D eigenvalue weighted by Gasteiger charge is 2.27. The predicted molar refractivity (Wildman–Crippen MR) is 147 cm³/mol. The van der Waals surface area contributed by atoms with Gasteiger partial charge in [0.05, 0.1) is 6.54 Å². The van der Waals surface area contributed by atoms with Gasteiger partial charge in [-0.2, -0.15) is 0 Å². The first-order valence-corrected chi connectivity index (χ1v) is 12.6. The molecule has 3 aromatic carbocycles. The smallest absolute Gasteiger partial charge is 0.328 e. The quantitative estimate of drug-likeness (QED) is 0.366. The van der Waals surface area contributed by atoms with Crippen molar-refractivity contribution in [3.63, 3.8) is 0 Å². The van der Waals surface area contributed by atoms with E-state index >= 15 is 0 Å². The van der Waals surface area contributed by atoms with Crippen LogP contribution in [0.3, 0.4) is 0 Å². The Hall–Kier alpha value is -3.86. The van der Waals surface area contributed by atoms with E-state index in [1.165, 1.54) is 6.42 Å². The molecule has 1 fully saturated rings. The van der Waals surface area contributed by atoms with E-state index < -0.39 is 5.97 Å². The number of aliphatic carboxylic acids is 1. The number of hydrogen-bond donors (Lipinski definition) is 1. The summed E-state index contributed by atoms with van der Waals surface area (Å²) in [5.74, 6) is -0.809. The summed E-state index contributed by atoms with van der Waals surface area (Å²) < 4.78 is 0. The van der Waals surface area contributed by atoms with Crippen LogP contribution < -0.4 is 9.80 Å². The topological polar surface area (TPSA) is 60.9 Å². The molecular weight excluding hydrogens is 448 g/mol. The lowest BCUT2D eigenvalue weighted by Crippen LogP contribution is -2.36. The van der Waals surface area contributed by atoms with Crippen LogP contribution in [0.25, 0.3) is 17.2 Å². The Labute approximate surface area is 213 Å². The van der Waals surface area contributed by atoms with Crippen LogP contribution in [0.15, 0.2) is 78.9 Å². The van der Waals surface area contributed by atoms with Gasteiger partial charge in [-0.3, -0.25) is 4.79 Å². The largest absolute Gasteiger partial charge is 0.478 e. The lowest BCUT2D eigenvalue weighted by Gasteiger charge is -2.30. The SMILES string of the molecule is CN(C)c1ccc(-c2ccc(CN(C(=O)C3CCCCC3)c3cccc(/C=C/C(=O)O)c3)cc2)cc1. The van der Waals surface area contributed by atoms with Crippen LogP contribution in [0.4, 0.5) is 11.4 Å². The van der Waals surface area contributed by atoms with Gasteiger partial charge in [0.2, 0.25) is 5.91 Å². The Morgan fingerprint density at radius 3 is 2.11 bits per heavy atom. The van der Waals surface area contributed by atoms with Gasteiger partial charge in [-0.15, -0.1) is 0 Å². The first-order valence-electron chi connectivity index (χ1n) is 12.6. The van der Waals surface area contributed by atoms with E-state index in [1.807, 2.05) is 43.3 Å². The van der Waals surface area contributed by atoms with Gasteiger partial charge in [0.1, 0.15) is 0 Å². The molecule has 0 saturated heterocycles. The summed E-state index contributed by atoms with van der Waals surface area (Å²) in [7, 11) is 4.06. The summed E-state index contributed by atoms with van der Waals surface area (Å²) in [6, 6.07) is 24.4. The summed E-state index contributed by atoms with van der Waals surface area (Å²) in [4.78, 5) is 28.6. The first kappa shape index (κ1) is 25.2. The number of hydrogen-bond acceptors (Lipinski definition) is 3. The maximum absolute atomic E-state index is 13.7. The second kappa shape index (κ2) is 11.7. The number of rotatable bonds is 8. The van der Waals surface area contributed by atoms with Gasteiger partial charge < -0.3 is 14.9 Å². The number of carboxylic acids is 1. The number of benzene rings is 3. The molecule has 186 valence electrons. The first-order chi connectivity index (χ1) is 17.4. The van der Waals surface area contributed by atoms with Crippen LogP contribution in [-0.2, 0) is 16.1 Å². The summed E-state index contributed by atoms with van der Waals surface area (Å²) in [6.07, 6.45) is 7.91. The monoisotopic (exact) mass is 482 g/mol. The third kappa shape index (κ3) is 6.42. The van der Waals surface area contributed by atoms with Gasteiger partial charge in [0.15, 0.2) is 0 Å². The molecule has 0 aliphatic heterocycles. The molecule has 1 aliphatic carbocycles. The van der Waals surface area contributed by atoms with E-state index in [-0.39, 0.29) is 11.8 Å². The Morgan fingerprint density at radius 2 is 1.50 bits per heavy atom. The number of carboxylic acid groups (broad SMARTS) is 1. The zero-order chi connectivity index (χ0) is 25.5. The number of nitrogens with zero attached hydrogens (tertiary/aromatic N) is 2. The second-order valence-corrected chi connectivity index (χ2v) is 9.66. The Kier molecular flexibility index (Phi) is 8.21. The molecule has 5 heteroatoms. The van der Waals surface area contributed by atoms with Crippen molar-refractivity contribution < 1.29 is 14.7 Å². The molecule has 1 saturated carbocycles. The molecule has 5 nitrogen and oxygen atoms in total. The number of anilines is 2. The van der Waals surface area contributed by atoms with Crippen LogP contribution in [0.1, 0.15) is 43.2 Å². The van der Waals surface area contributed by atoms with Crippen molar-refractivity contribution in [2.45, 2.75) is 38.6 Å². The summed E-state index contributed by atoms with van der Waals surface area (Å²) in [5.41, 5.74) is 6.05. The zero-order valence-electron chi connectivity index (χ0n) is 21.1. The third-order valence-corrected chi connectivity index (χ3v) is 6.83. The van der Waals surface area contributed by atoms with Crippen LogP contribution in [-0.4, -0.2) is 31.1 Å². The molecule has 36 heavy (non-hydrogen) atoms. The molecule has 0 radical (unpaired) electrons. The zero-order valence-corrected chi connectivity index (χ0v) is 21.1. The molecule has 3 aromatic rings. The second-order valence-electron chi connectivity index (χ2n) is 9.66. The minimum atomic E-state index is -0.994. The summed E-state index contributed by atoms with van der Waals surface area (Å²) >= 11 is 0. The summed E-state index contributed by atoms with van der Waals surface area (Å²) in [5, 5.41) is 9.00. The lowest BCUT2D eigenvalue weighted by atomic mass is 9.88. The molecular formula is C31H34N2O3. The van der Waals surface area contributed by atoms with Crippen LogP contribution >= 0.6 is 0 Å². The molecule has 1 aliphatic rings. The van der Waals surface area contributed by atoms with Crippen molar-refractivity contribution in [3.8, 4) is 11.1 Å². The standard InChI is InChI=1S/C31H34N2O3/c1-32(2)28-18-16-26(17-19-28)25-14-11-24(12-15-25)22-33(31(36)27-8-4-3-5-9-27)29-10-6-7-23(21-29)13-20-30(34)35/h6-7,10-21,27H,3-5,8-9,22H2,1-2H3,(H,34,35)/b20-13+. The maximum Gasteiger partial charge on any atom is 0.328 e. The predicted octanol–water partition coefficient (Wildman–Crippen LogP) is 6.63. The van der Waals surface area contributed by atoms with E-state index in [9.17, 15) is 9.59 Å². The molecule has 1 amide bonds. The lowest BCUT2D eigenvalue weighted by molar-refractivity contribution is -0.131. The highest BCUT2D eigenvalue weighted by molar-refractivity contribution is 5.95. The van der Waals surface area contributed by atoms with E-state index in [1.54, 1.807) is 6.08 Å². The van der Waals surface area contributed by atoms with Gasteiger partial charge in [-0.1, -0.05) is 67.8 Å². The van der Waals surface area contributed by atoms with Gasteiger partial charge in [0, 0.05) is 37.5 Å². The van der Waals surface area contributed by atoms with Gasteiger partial charge in [-0.05, 0) is 65.4 Å². The van der Waals surface area contributed by atoms with Gasteiger partial charge in [0.25, 0.3) is 0 Å². The number of amides is 1. The highest BCUT2D eigenvalue weighted by Crippen LogP contribution is 2.30. The van der Waals surface area contributed by atoms with Gasteiger partial charge in [-0.25, -0.2) is 4.79 Å². The average Bonchev–Trinajstić information content (AvgIpc) is 2.91. The molecule has 4 rings (SSSR count). The molecule has 0 aromatic heterocycles. The Morgan fingerprint density at radius 1 is 0.861 bits per heavy atom. The average molecular weight is 483 g/mol. The fraction of sp³-hybridized carbons (Fsp3) is 0.290. The number of carbonyl (C=O) groups excluding carboxylic acids is 1. The number of carbonyl (C=O) groups is 2. The van der Waals surface area contributed by atoms with E-state index in [2.05, 4.69) is 53.4 Å². The van der Waals surface area contributed by atoms with Crippen LogP contribution in [0.2, 0.25) is 0 Å². The summed E-state index contributed by atoms with van der Waals surface area (Å²) in [6.45, 7) is 0.473. The maximum atomic E-state index is 13.7. The molecule has 0 heterocycles. The van der Waals surface area contributed by atoms with Crippen LogP contribution in [0.5, 0.6) is 0 Å². The minimum Gasteiger partial charge on any atom is -0.478 e. The van der Waals surface area contributed by atoms with Gasteiger partial charge >= 0.3 is 5.97 Å². The fourth-order valence-electron chi connectivity index (χ4n) is 4.77. The molecule has 1 N–H and O–H groups in total. The van der Waals surface area contributed by atoms with E-state index in [0.29, 0.717) is 6.54 Å². The molecule has 0 spiro atoms. The van der Waals surface area contributed by atoms with Crippen molar-refractivity contribution in [1.29, 1.82) is 0 Å². The fourth-order valence-corrected chi connectivity index (χ4v) is 4.77. The van der Waals surface area contributed by atoms with Crippen molar-refractivity contribution in [2.24, 2.45) is 5.92 Å². The van der Waals surface area contributed by atoms with Crippen LogP contribution in [0, 0.1) is 5.92 Å². The Bertz CT molecular complexity index is 1210. The third-order valence-electron chi connectivity index (χ3n) is 6.83. The molecule has 0 unspecified atom stereocenters. The Balaban J connectivity index is 1.58.